The zero-order chi connectivity index (χ0) is 15.5. The molecule has 1 aliphatic heterocycles. The second-order valence-corrected chi connectivity index (χ2v) is 5.53. The lowest BCUT2D eigenvalue weighted by Gasteiger charge is -2.33. The van der Waals surface area contributed by atoms with Gasteiger partial charge in [0, 0.05) is 24.8 Å². The molecule has 2 aromatic rings. The molecule has 1 heterocycles. The van der Waals surface area contributed by atoms with E-state index in [0.717, 1.165) is 13.0 Å². The summed E-state index contributed by atoms with van der Waals surface area (Å²) in [4.78, 5) is 14.7. The summed E-state index contributed by atoms with van der Waals surface area (Å²) in [6.45, 7) is 0.931. The summed E-state index contributed by atoms with van der Waals surface area (Å²) in [6, 6.07) is 15.5. The maximum atomic E-state index is 12.5. The molecule has 1 aliphatic rings. The molecule has 114 valence electrons. The topological polar surface area (TPSA) is 41.6 Å². The minimum absolute atomic E-state index is 0.0473. The number of methoxy groups -OCH3 is 1. The number of ether oxygens (including phenoxy) is 1. The average Bonchev–Trinajstić information content (AvgIpc) is 2.57. The minimum Gasteiger partial charge on any atom is -0.497 e. The van der Waals surface area contributed by atoms with E-state index in [-0.39, 0.29) is 11.9 Å². The third-order valence-corrected chi connectivity index (χ3v) is 4.11. The number of carbonyl (C=O) groups is 1. The Morgan fingerprint density at radius 1 is 1.23 bits per heavy atom. The van der Waals surface area contributed by atoms with Crippen molar-refractivity contribution in [3.63, 3.8) is 0 Å². The molecular formula is C18H20N2O2. The second-order valence-electron chi connectivity index (χ2n) is 5.53. The summed E-state index contributed by atoms with van der Waals surface area (Å²) in [6.07, 6.45) is 0.906. The van der Waals surface area contributed by atoms with Gasteiger partial charge in [-0.1, -0.05) is 24.3 Å². The van der Waals surface area contributed by atoms with Crippen molar-refractivity contribution in [3.05, 3.63) is 59.7 Å². The van der Waals surface area contributed by atoms with Crippen LogP contribution in [0.1, 0.15) is 28.4 Å². The van der Waals surface area contributed by atoms with Crippen LogP contribution in [0.5, 0.6) is 5.75 Å². The monoisotopic (exact) mass is 296 g/mol. The van der Waals surface area contributed by atoms with Gasteiger partial charge in [0.2, 0.25) is 0 Å². The van der Waals surface area contributed by atoms with Crippen LogP contribution >= 0.6 is 0 Å². The van der Waals surface area contributed by atoms with Gasteiger partial charge in [-0.25, -0.2) is 0 Å². The Balaban J connectivity index is 1.81. The highest BCUT2D eigenvalue weighted by atomic mass is 16.5. The number of nitrogens with one attached hydrogen (secondary N) is 1. The van der Waals surface area contributed by atoms with E-state index in [1.54, 1.807) is 19.2 Å². The molecule has 4 nitrogen and oxygen atoms in total. The van der Waals surface area contributed by atoms with Crippen LogP contribution in [0.25, 0.3) is 0 Å². The highest BCUT2D eigenvalue weighted by Gasteiger charge is 2.24. The Labute approximate surface area is 130 Å². The number of carbonyl (C=O) groups excluding carboxylic acids is 1. The summed E-state index contributed by atoms with van der Waals surface area (Å²) < 4.78 is 5.18. The normalized spacial score (nSPS) is 16.8. The summed E-state index contributed by atoms with van der Waals surface area (Å²) >= 11 is 0. The highest BCUT2D eigenvalue weighted by Crippen LogP contribution is 2.32. The summed E-state index contributed by atoms with van der Waals surface area (Å²) in [5, 5.41) is 3.14. The molecule has 4 heteroatoms. The number of amides is 1. The first-order valence-corrected chi connectivity index (χ1v) is 7.44. The number of para-hydroxylation sites is 1. The van der Waals surface area contributed by atoms with Crippen molar-refractivity contribution >= 4 is 11.6 Å². The van der Waals surface area contributed by atoms with Crippen molar-refractivity contribution in [3.8, 4) is 5.75 Å². The van der Waals surface area contributed by atoms with Crippen LogP contribution in [-0.2, 0) is 0 Å². The van der Waals surface area contributed by atoms with E-state index >= 15 is 0 Å². The van der Waals surface area contributed by atoms with E-state index in [4.69, 9.17) is 4.74 Å². The number of fused-ring (bicyclic) bond motifs is 1. The molecule has 1 atom stereocenters. The first-order chi connectivity index (χ1) is 10.7. The standard InChI is InChI=1S/C18H20N2O2/c1-20-11-10-16(15-8-3-4-9-17(15)20)19-18(21)13-6-5-7-14(12-13)22-2/h3-9,12,16H,10-11H2,1-2H3,(H,19,21). The SMILES string of the molecule is COc1cccc(C(=O)NC2CCN(C)c3ccccc32)c1. The zero-order valence-corrected chi connectivity index (χ0v) is 12.9. The van der Waals surface area contributed by atoms with Crippen molar-refractivity contribution < 1.29 is 9.53 Å². The predicted octanol–water partition coefficient (Wildman–Crippen LogP) is 3.01. The van der Waals surface area contributed by atoms with E-state index in [0.29, 0.717) is 11.3 Å². The molecule has 0 bridgehead atoms. The molecule has 0 aromatic heterocycles. The Kier molecular flexibility index (Phi) is 4.00. The molecule has 0 spiro atoms. The third kappa shape index (κ3) is 2.77. The van der Waals surface area contributed by atoms with Crippen LogP contribution in [0, 0.1) is 0 Å². The molecule has 0 aliphatic carbocycles. The smallest absolute Gasteiger partial charge is 0.251 e. The minimum atomic E-state index is -0.0664. The highest BCUT2D eigenvalue weighted by molar-refractivity contribution is 5.95. The van der Waals surface area contributed by atoms with Crippen LogP contribution in [0.3, 0.4) is 0 Å². The van der Waals surface area contributed by atoms with Gasteiger partial charge in [0.05, 0.1) is 13.2 Å². The van der Waals surface area contributed by atoms with Crippen LogP contribution in [0.15, 0.2) is 48.5 Å². The second kappa shape index (κ2) is 6.10. The lowest BCUT2D eigenvalue weighted by molar-refractivity contribution is 0.0934. The maximum Gasteiger partial charge on any atom is 0.251 e. The lowest BCUT2D eigenvalue weighted by Crippen LogP contribution is -2.36. The van der Waals surface area contributed by atoms with Gasteiger partial charge >= 0.3 is 0 Å². The van der Waals surface area contributed by atoms with Crippen molar-refractivity contribution in [1.82, 2.24) is 5.32 Å². The van der Waals surface area contributed by atoms with Crippen LogP contribution in [0.4, 0.5) is 5.69 Å². The number of benzene rings is 2. The number of nitrogens with zero attached hydrogens (tertiary/aromatic N) is 1. The van der Waals surface area contributed by atoms with Gasteiger partial charge in [0.1, 0.15) is 5.75 Å². The Morgan fingerprint density at radius 2 is 2.05 bits per heavy atom. The van der Waals surface area contributed by atoms with E-state index in [2.05, 4.69) is 29.4 Å². The third-order valence-electron chi connectivity index (χ3n) is 4.11. The molecule has 0 saturated carbocycles. The van der Waals surface area contributed by atoms with Gasteiger partial charge in [-0.15, -0.1) is 0 Å². The van der Waals surface area contributed by atoms with Gasteiger partial charge in [-0.3, -0.25) is 4.79 Å². The molecular weight excluding hydrogens is 276 g/mol. The van der Waals surface area contributed by atoms with Crippen molar-refractivity contribution in [2.45, 2.75) is 12.5 Å². The summed E-state index contributed by atoms with van der Waals surface area (Å²) in [5.41, 5.74) is 2.98. The van der Waals surface area contributed by atoms with Crippen molar-refractivity contribution in [2.75, 3.05) is 25.6 Å². The first-order valence-electron chi connectivity index (χ1n) is 7.44. The quantitative estimate of drug-likeness (QED) is 0.946. The van der Waals surface area contributed by atoms with Crippen LogP contribution < -0.4 is 15.0 Å². The Morgan fingerprint density at radius 3 is 2.86 bits per heavy atom. The molecule has 1 N–H and O–H groups in total. The zero-order valence-electron chi connectivity index (χ0n) is 12.9. The fourth-order valence-electron chi connectivity index (χ4n) is 2.88. The fraction of sp³-hybridized carbons (Fsp3) is 0.278. The number of rotatable bonds is 3. The fourth-order valence-corrected chi connectivity index (χ4v) is 2.88. The van der Waals surface area contributed by atoms with Crippen LogP contribution in [0.2, 0.25) is 0 Å². The molecule has 0 saturated heterocycles. The number of hydrogen-bond acceptors (Lipinski definition) is 3. The van der Waals surface area contributed by atoms with E-state index in [1.807, 2.05) is 24.3 Å². The van der Waals surface area contributed by atoms with Gasteiger partial charge < -0.3 is 15.0 Å². The van der Waals surface area contributed by atoms with E-state index in [1.165, 1.54) is 11.3 Å². The average molecular weight is 296 g/mol. The Hall–Kier alpha value is -2.49. The molecule has 3 rings (SSSR count). The number of anilines is 1. The van der Waals surface area contributed by atoms with E-state index < -0.39 is 0 Å². The largest absolute Gasteiger partial charge is 0.497 e. The maximum absolute atomic E-state index is 12.5. The number of hydrogen-bond donors (Lipinski definition) is 1. The summed E-state index contributed by atoms with van der Waals surface area (Å²) in [5.74, 6) is 0.625. The van der Waals surface area contributed by atoms with Gasteiger partial charge in [0.15, 0.2) is 0 Å². The van der Waals surface area contributed by atoms with E-state index in [9.17, 15) is 4.79 Å². The molecule has 22 heavy (non-hydrogen) atoms. The van der Waals surface area contributed by atoms with Gasteiger partial charge in [-0.05, 0) is 36.2 Å². The Bertz CT molecular complexity index is 684. The molecule has 0 radical (unpaired) electrons. The molecule has 2 aromatic carbocycles. The molecule has 1 amide bonds. The first kappa shape index (κ1) is 14.4. The van der Waals surface area contributed by atoms with Crippen molar-refractivity contribution in [2.24, 2.45) is 0 Å². The van der Waals surface area contributed by atoms with Gasteiger partial charge in [-0.2, -0.15) is 0 Å². The summed E-state index contributed by atoms with van der Waals surface area (Å²) in [7, 11) is 3.68. The predicted molar refractivity (Wildman–Crippen MR) is 87.5 cm³/mol. The molecule has 0 fully saturated rings. The molecule has 1 unspecified atom stereocenters. The van der Waals surface area contributed by atoms with Gasteiger partial charge in [0.25, 0.3) is 5.91 Å². The lowest BCUT2D eigenvalue weighted by atomic mass is 9.96. The van der Waals surface area contributed by atoms with Crippen LogP contribution in [-0.4, -0.2) is 26.6 Å². The van der Waals surface area contributed by atoms with Crippen molar-refractivity contribution in [1.29, 1.82) is 0 Å².